The molecule has 0 bridgehead atoms. The molecule has 0 amide bonds. The molecule has 3 aromatic rings. The van der Waals surface area contributed by atoms with Crippen LogP contribution in [0.5, 0.6) is 0 Å². The van der Waals surface area contributed by atoms with Gasteiger partial charge in [0.25, 0.3) is 5.92 Å². The molecule has 3 nitrogen and oxygen atoms in total. The maximum Gasteiger partial charge on any atom is 0.287 e. The second-order valence-corrected chi connectivity index (χ2v) is 6.11. The standard InChI is InChI=1S/C14H10ClF2N3S/c1-14(16,17)11-6-8(18-13(15)20-11)7-12-19-9-4-2-3-5-10(9)21-12/h2-6H,7H2,1H3. The van der Waals surface area contributed by atoms with E-state index in [-0.39, 0.29) is 11.0 Å². The van der Waals surface area contributed by atoms with Crippen LogP contribution in [-0.4, -0.2) is 15.0 Å². The van der Waals surface area contributed by atoms with Crippen LogP contribution in [0.4, 0.5) is 8.78 Å². The molecule has 3 rings (SSSR count). The number of fused-ring (bicyclic) bond motifs is 1. The second kappa shape index (κ2) is 5.27. The van der Waals surface area contributed by atoms with Gasteiger partial charge in [0.1, 0.15) is 5.69 Å². The lowest BCUT2D eigenvalue weighted by atomic mass is 10.2. The fourth-order valence-electron chi connectivity index (χ4n) is 1.93. The molecule has 2 aromatic heterocycles. The van der Waals surface area contributed by atoms with Gasteiger partial charge in [0.15, 0.2) is 0 Å². The van der Waals surface area contributed by atoms with E-state index in [1.54, 1.807) is 0 Å². The first kappa shape index (κ1) is 14.3. The highest BCUT2D eigenvalue weighted by molar-refractivity contribution is 7.18. The Kier molecular flexibility index (Phi) is 3.59. The average Bonchev–Trinajstić information content (AvgIpc) is 2.79. The summed E-state index contributed by atoms with van der Waals surface area (Å²) in [6.07, 6.45) is 0.352. The van der Waals surface area contributed by atoms with E-state index in [1.807, 2.05) is 24.3 Å². The minimum Gasteiger partial charge on any atom is -0.241 e. The van der Waals surface area contributed by atoms with Gasteiger partial charge in [-0.15, -0.1) is 11.3 Å². The van der Waals surface area contributed by atoms with Crippen LogP contribution >= 0.6 is 22.9 Å². The van der Waals surface area contributed by atoms with Crippen molar-refractivity contribution < 1.29 is 8.78 Å². The molecule has 0 unspecified atom stereocenters. The van der Waals surface area contributed by atoms with E-state index in [2.05, 4.69) is 15.0 Å². The summed E-state index contributed by atoms with van der Waals surface area (Å²) in [4.78, 5) is 12.0. The van der Waals surface area contributed by atoms with Gasteiger partial charge < -0.3 is 0 Å². The molecule has 2 heterocycles. The molecular weight excluding hydrogens is 316 g/mol. The molecule has 0 saturated heterocycles. The Morgan fingerprint density at radius 2 is 1.95 bits per heavy atom. The van der Waals surface area contributed by atoms with E-state index >= 15 is 0 Å². The third-order valence-corrected chi connectivity index (χ3v) is 4.08. The SMILES string of the molecule is CC(F)(F)c1cc(Cc2nc3ccccc3s2)nc(Cl)n1. The number of rotatable bonds is 3. The quantitative estimate of drug-likeness (QED) is 0.668. The molecule has 0 aliphatic carbocycles. The third kappa shape index (κ3) is 3.16. The summed E-state index contributed by atoms with van der Waals surface area (Å²) in [5, 5.41) is 0.626. The van der Waals surface area contributed by atoms with Crippen LogP contribution in [-0.2, 0) is 12.3 Å². The molecule has 0 aliphatic rings. The smallest absolute Gasteiger partial charge is 0.241 e. The number of hydrogen-bond acceptors (Lipinski definition) is 4. The first-order valence-corrected chi connectivity index (χ1v) is 7.37. The van der Waals surface area contributed by atoms with Crippen molar-refractivity contribution in [2.24, 2.45) is 0 Å². The summed E-state index contributed by atoms with van der Waals surface area (Å²) >= 11 is 7.24. The minimum absolute atomic E-state index is 0.176. The zero-order valence-electron chi connectivity index (χ0n) is 11.0. The molecule has 21 heavy (non-hydrogen) atoms. The van der Waals surface area contributed by atoms with Crippen LogP contribution in [0.2, 0.25) is 5.28 Å². The molecule has 0 atom stereocenters. The van der Waals surface area contributed by atoms with Gasteiger partial charge in [-0.1, -0.05) is 12.1 Å². The highest BCUT2D eigenvalue weighted by Crippen LogP contribution is 2.28. The van der Waals surface area contributed by atoms with Crippen molar-refractivity contribution in [2.75, 3.05) is 0 Å². The number of benzene rings is 1. The fourth-order valence-corrected chi connectivity index (χ4v) is 3.11. The van der Waals surface area contributed by atoms with E-state index in [0.717, 1.165) is 22.1 Å². The number of thiazole rings is 1. The summed E-state index contributed by atoms with van der Waals surface area (Å²) in [5.74, 6) is -3.05. The Bertz CT molecular complexity index is 765. The monoisotopic (exact) mass is 325 g/mol. The van der Waals surface area contributed by atoms with E-state index in [4.69, 9.17) is 11.6 Å². The molecule has 1 aromatic carbocycles. The molecule has 0 N–H and O–H groups in total. The van der Waals surface area contributed by atoms with Crippen LogP contribution in [0, 0.1) is 0 Å². The lowest BCUT2D eigenvalue weighted by molar-refractivity contribution is 0.0125. The third-order valence-electron chi connectivity index (χ3n) is 2.87. The molecule has 108 valence electrons. The number of alkyl halides is 2. The maximum absolute atomic E-state index is 13.4. The van der Waals surface area contributed by atoms with E-state index in [9.17, 15) is 8.78 Å². The molecule has 7 heteroatoms. The number of nitrogens with zero attached hydrogens (tertiary/aromatic N) is 3. The van der Waals surface area contributed by atoms with Crippen molar-refractivity contribution in [1.82, 2.24) is 15.0 Å². The molecule has 0 saturated carbocycles. The first-order chi connectivity index (χ1) is 9.91. The summed E-state index contributed by atoms with van der Waals surface area (Å²) in [7, 11) is 0. The van der Waals surface area contributed by atoms with Gasteiger partial charge in [-0.25, -0.2) is 15.0 Å². The van der Waals surface area contributed by atoms with Gasteiger partial charge in [-0.2, -0.15) is 8.78 Å². The Hall–Kier alpha value is -1.66. The van der Waals surface area contributed by atoms with Gasteiger partial charge in [-0.05, 0) is 29.8 Å². The maximum atomic E-state index is 13.4. The predicted molar refractivity (Wildman–Crippen MR) is 79.0 cm³/mol. The van der Waals surface area contributed by atoms with Crippen molar-refractivity contribution in [3.63, 3.8) is 0 Å². The number of hydrogen-bond donors (Lipinski definition) is 0. The van der Waals surface area contributed by atoms with Crippen molar-refractivity contribution in [1.29, 1.82) is 0 Å². The zero-order valence-corrected chi connectivity index (χ0v) is 12.6. The lowest BCUT2D eigenvalue weighted by Crippen LogP contribution is -2.11. The molecule has 0 radical (unpaired) electrons. The number of para-hydroxylation sites is 1. The fraction of sp³-hybridized carbons (Fsp3) is 0.214. The molecular formula is C14H10ClF2N3S. The Morgan fingerprint density at radius 1 is 1.19 bits per heavy atom. The molecule has 0 aliphatic heterocycles. The van der Waals surface area contributed by atoms with Gasteiger partial charge in [0.2, 0.25) is 5.28 Å². The predicted octanol–water partition coefficient (Wildman–Crippen LogP) is 4.44. The number of aromatic nitrogens is 3. The second-order valence-electron chi connectivity index (χ2n) is 4.65. The molecule has 0 fully saturated rings. The van der Waals surface area contributed by atoms with Crippen molar-refractivity contribution in [3.05, 3.63) is 52.0 Å². The molecule has 0 spiro atoms. The summed E-state index contributed by atoms with van der Waals surface area (Å²) in [6.45, 7) is 0.785. The lowest BCUT2D eigenvalue weighted by Gasteiger charge is -2.10. The summed E-state index contributed by atoms with van der Waals surface area (Å²) < 4.78 is 27.8. The van der Waals surface area contributed by atoms with Crippen LogP contribution < -0.4 is 0 Å². The summed E-state index contributed by atoms with van der Waals surface area (Å²) in [5.41, 5.74) is 0.947. The van der Waals surface area contributed by atoms with Crippen LogP contribution in [0.1, 0.15) is 23.3 Å². The van der Waals surface area contributed by atoms with Crippen LogP contribution in [0.3, 0.4) is 0 Å². The first-order valence-electron chi connectivity index (χ1n) is 6.18. The minimum atomic E-state index is -3.05. The van der Waals surface area contributed by atoms with Gasteiger partial charge in [0, 0.05) is 13.3 Å². The highest BCUT2D eigenvalue weighted by Gasteiger charge is 2.27. The normalized spacial score (nSPS) is 12.0. The highest BCUT2D eigenvalue weighted by atomic mass is 35.5. The van der Waals surface area contributed by atoms with Crippen LogP contribution in [0.25, 0.3) is 10.2 Å². The van der Waals surface area contributed by atoms with E-state index in [1.165, 1.54) is 17.4 Å². The van der Waals surface area contributed by atoms with Crippen molar-refractivity contribution in [3.8, 4) is 0 Å². The Labute approximate surface area is 128 Å². The average molecular weight is 326 g/mol. The zero-order chi connectivity index (χ0) is 15.0. The van der Waals surface area contributed by atoms with E-state index < -0.39 is 5.92 Å². The van der Waals surface area contributed by atoms with Crippen LogP contribution in [0.15, 0.2) is 30.3 Å². The summed E-state index contributed by atoms with van der Waals surface area (Å²) in [6, 6.07) is 8.99. The van der Waals surface area contributed by atoms with Crippen molar-refractivity contribution >= 4 is 33.2 Å². The van der Waals surface area contributed by atoms with Gasteiger partial charge in [-0.3, -0.25) is 0 Å². The largest absolute Gasteiger partial charge is 0.287 e. The van der Waals surface area contributed by atoms with E-state index in [0.29, 0.717) is 12.1 Å². The number of halogens is 3. The Balaban J connectivity index is 1.95. The van der Waals surface area contributed by atoms with Gasteiger partial charge >= 0.3 is 0 Å². The topological polar surface area (TPSA) is 38.7 Å². The van der Waals surface area contributed by atoms with Gasteiger partial charge in [0.05, 0.1) is 20.9 Å². The van der Waals surface area contributed by atoms with Crippen molar-refractivity contribution in [2.45, 2.75) is 19.3 Å². The Morgan fingerprint density at radius 3 is 2.67 bits per heavy atom.